The molecule has 1 N–H and O–H groups in total. The lowest BCUT2D eigenvalue weighted by atomic mass is 10.2. The molecule has 2 nitrogen and oxygen atoms in total. The molecule has 2 aromatic carbocycles. The zero-order valence-corrected chi connectivity index (χ0v) is 11.0. The number of nitrogens with one attached hydrogen (secondary N) is 1. The minimum Gasteiger partial charge on any atom is -0.322 e. The Balaban J connectivity index is 2.03. The molecular weight excluding hydrogens is 284 g/mol. The number of amides is 1. The van der Waals surface area contributed by atoms with Gasteiger partial charge in [-0.25, -0.2) is 8.78 Å². The van der Waals surface area contributed by atoms with Crippen LogP contribution in [0.25, 0.3) is 6.08 Å². The second-order valence-electron chi connectivity index (χ2n) is 4.03. The van der Waals surface area contributed by atoms with E-state index in [1.165, 1.54) is 6.08 Å². The van der Waals surface area contributed by atoms with Crippen molar-refractivity contribution in [1.29, 1.82) is 0 Å². The molecule has 2 aromatic rings. The van der Waals surface area contributed by atoms with Crippen LogP contribution in [0, 0.1) is 11.6 Å². The van der Waals surface area contributed by atoms with E-state index in [0.29, 0.717) is 5.02 Å². The summed E-state index contributed by atoms with van der Waals surface area (Å²) in [6.45, 7) is 0. The van der Waals surface area contributed by atoms with Crippen LogP contribution in [0.15, 0.2) is 48.5 Å². The van der Waals surface area contributed by atoms with Gasteiger partial charge in [-0.2, -0.15) is 0 Å². The lowest BCUT2D eigenvalue weighted by Gasteiger charge is -2.02. The number of hydrogen-bond acceptors (Lipinski definition) is 1. The largest absolute Gasteiger partial charge is 0.322 e. The summed E-state index contributed by atoms with van der Waals surface area (Å²) in [5, 5.41) is 2.97. The van der Waals surface area contributed by atoms with Crippen molar-refractivity contribution in [2.75, 3.05) is 5.32 Å². The number of carbonyl (C=O) groups excluding carboxylic acids is 1. The van der Waals surface area contributed by atoms with E-state index in [0.717, 1.165) is 23.8 Å². The summed E-state index contributed by atoms with van der Waals surface area (Å²) in [7, 11) is 0. The minimum atomic E-state index is -0.748. The van der Waals surface area contributed by atoms with E-state index >= 15 is 0 Å². The van der Waals surface area contributed by atoms with Crippen molar-refractivity contribution in [3.63, 3.8) is 0 Å². The van der Waals surface area contributed by atoms with Crippen LogP contribution in [0.1, 0.15) is 5.56 Å². The molecule has 20 heavy (non-hydrogen) atoms. The molecular formula is C15H10ClF2NO. The quantitative estimate of drug-likeness (QED) is 0.841. The Morgan fingerprint density at radius 1 is 1.05 bits per heavy atom. The second kappa shape index (κ2) is 6.30. The van der Waals surface area contributed by atoms with Crippen LogP contribution in [0.3, 0.4) is 0 Å². The highest BCUT2D eigenvalue weighted by Gasteiger charge is 2.02. The first-order valence-corrected chi connectivity index (χ1v) is 6.11. The van der Waals surface area contributed by atoms with Gasteiger partial charge in [0.25, 0.3) is 0 Å². The molecule has 0 bridgehead atoms. The molecule has 5 heteroatoms. The fourth-order valence-electron chi connectivity index (χ4n) is 1.56. The van der Waals surface area contributed by atoms with Crippen molar-refractivity contribution >= 4 is 29.3 Å². The van der Waals surface area contributed by atoms with Gasteiger partial charge in [0.2, 0.25) is 5.91 Å². The third kappa shape index (κ3) is 4.17. The molecule has 0 saturated carbocycles. The molecule has 0 fully saturated rings. The highest BCUT2D eigenvalue weighted by atomic mass is 35.5. The van der Waals surface area contributed by atoms with Crippen molar-refractivity contribution in [2.24, 2.45) is 0 Å². The van der Waals surface area contributed by atoms with Gasteiger partial charge in [-0.15, -0.1) is 0 Å². The zero-order valence-electron chi connectivity index (χ0n) is 10.2. The molecule has 0 aromatic heterocycles. The molecule has 0 unspecified atom stereocenters. The third-order valence-corrected chi connectivity index (χ3v) is 2.68. The molecule has 0 radical (unpaired) electrons. The van der Waals surface area contributed by atoms with Crippen LogP contribution in [-0.4, -0.2) is 5.91 Å². The molecule has 0 spiro atoms. The second-order valence-corrected chi connectivity index (χ2v) is 4.47. The topological polar surface area (TPSA) is 29.1 Å². The van der Waals surface area contributed by atoms with E-state index in [9.17, 15) is 13.6 Å². The maximum Gasteiger partial charge on any atom is 0.248 e. The number of carbonyl (C=O) groups is 1. The van der Waals surface area contributed by atoms with Crippen LogP contribution in [-0.2, 0) is 4.79 Å². The number of rotatable bonds is 3. The monoisotopic (exact) mass is 293 g/mol. The van der Waals surface area contributed by atoms with Crippen molar-refractivity contribution in [3.8, 4) is 0 Å². The van der Waals surface area contributed by atoms with Crippen LogP contribution in [0.4, 0.5) is 14.5 Å². The predicted molar refractivity (Wildman–Crippen MR) is 75.5 cm³/mol. The van der Waals surface area contributed by atoms with Gasteiger partial charge in [0.05, 0.1) is 0 Å². The lowest BCUT2D eigenvalue weighted by molar-refractivity contribution is -0.111. The predicted octanol–water partition coefficient (Wildman–Crippen LogP) is 4.27. The summed E-state index contributed by atoms with van der Waals surface area (Å²) in [6, 6.07) is 9.69. The standard InChI is InChI=1S/C15H10ClF2NO/c16-11-4-1-10(2-5-11)3-6-15(20)19-14-8-12(17)7-13(18)9-14/h1-9H,(H,19,20)/b6-3+. The van der Waals surface area contributed by atoms with E-state index in [1.807, 2.05) is 0 Å². The average molecular weight is 294 g/mol. The maximum atomic E-state index is 12.9. The highest BCUT2D eigenvalue weighted by Crippen LogP contribution is 2.13. The Labute approximate surface area is 119 Å². The summed E-state index contributed by atoms with van der Waals surface area (Å²) in [5.74, 6) is -1.98. The first-order valence-electron chi connectivity index (χ1n) is 5.74. The third-order valence-electron chi connectivity index (χ3n) is 2.43. The molecule has 0 aliphatic carbocycles. The van der Waals surface area contributed by atoms with Gasteiger partial charge in [-0.3, -0.25) is 4.79 Å². The van der Waals surface area contributed by atoms with E-state index in [4.69, 9.17) is 11.6 Å². The van der Waals surface area contributed by atoms with Crippen LogP contribution in [0.2, 0.25) is 5.02 Å². The number of hydrogen-bond donors (Lipinski definition) is 1. The summed E-state index contributed by atoms with van der Waals surface area (Å²) in [4.78, 5) is 11.6. The Bertz CT molecular complexity index is 633. The van der Waals surface area contributed by atoms with Crippen LogP contribution < -0.4 is 5.32 Å². The molecule has 0 atom stereocenters. The summed E-state index contributed by atoms with van der Waals surface area (Å²) in [5.41, 5.74) is 0.850. The van der Waals surface area contributed by atoms with E-state index < -0.39 is 17.5 Å². The van der Waals surface area contributed by atoms with Crippen molar-refractivity contribution in [1.82, 2.24) is 0 Å². The lowest BCUT2D eigenvalue weighted by Crippen LogP contribution is -2.08. The van der Waals surface area contributed by atoms with E-state index in [2.05, 4.69) is 5.32 Å². The molecule has 102 valence electrons. The normalized spacial score (nSPS) is 10.8. The van der Waals surface area contributed by atoms with Gasteiger partial charge < -0.3 is 5.32 Å². The number of anilines is 1. The SMILES string of the molecule is O=C(/C=C/c1ccc(Cl)cc1)Nc1cc(F)cc(F)c1. The Morgan fingerprint density at radius 2 is 1.65 bits per heavy atom. The molecule has 0 aliphatic heterocycles. The molecule has 0 heterocycles. The van der Waals surface area contributed by atoms with Crippen molar-refractivity contribution < 1.29 is 13.6 Å². The average Bonchev–Trinajstić information content (AvgIpc) is 2.37. The minimum absolute atomic E-state index is 0.0632. The van der Waals surface area contributed by atoms with Gasteiger partial charge in [-0.1, -0.05) is 23.7 Å². The zero-order chi connectivity index (χ0) is 14.5. The molecule has 0 aliphatic rings. The van der Waals surface area contributed by atoms with E-state index in [-0.39, 0.29) is 5.69 Å². The number of benzene rings is 2. The highest BCUT2D eigenvalue weighted by molar-refractivity contribution is 6.30. The Hall–Kier alpha value is -2.20. The first-order chi connectivity index (χ1) is 9.52. The van der Waals surface area contributed by atoms with Gasteiger partial charge in [0, 0.05) is 22.9 Å². The fourth-order valence-corrected chi connectivity index (χ4v) is 1.68. The summed E-state index contributed by atoms with van der Waals surface area (Å²) >= 11 is 5.74. The smallest absolute Gasteiger partial charge is 0.248 e. The summed E-state index contributed by atoms with van der Waals surface area (Å²) < 4.78 is 25.9. The number of halogens is 3. The molecule has 0 saturated heterocycles. The summed E-state index contributed by atoms with van der Waals surface area (Å²) in [6.07, 6.45) is 2.84. The van der Waals surface area contributed by atoms with Crippen LogP contribution in [0.5, 0.6) is 0 Å². The van der Waals surface area contributed by atoms with Gasteiger partial charge in [-0.05, 0) is 35.9 Å². The van der Waals surface area contributed by atoms with Gasteiger partial charge in [0.15, 0.2) is 0 Å². The first kappa shape index (κ1) is 14.2. The Kier molecular flexibility index (Phi) is 4.48. The fraction of sp³-hybridized carbons (Fsp3) is 0. The molecule has 2 rings (SSSR count). The van der Waals surface area contributed by atoms with Crippen molar-refractivity contribution in [2.45, 2.75) is 0 Å². The van der Waals surface area contributed by atoms with Gasteiger partial charge in [0.1, 0.15) is 11.6 Å². The Morgan fingerprint density at radius 3 is 2.25 bits per heavy atom. The van der Waals surface area contributed by atoms with Crippen molar-refractivity contribution in [3.05, 3.63) is 70.8 Å². The molecule has 1 amide bonds. The van der Waals surface area contributed by atoms with Crippen LogP contribution >= 0.6 is 11.6 Å². The maximum absolute atomic E-state index is 12.9. The van der Waals surface area contributed by atoms with Gasteiger partial charge >= 0.3 is 0 Å². The van der Waals surface area contributed by atoms with E-state index in [1.54, 1.807) is 30.3 Å².